The topological polar surface area (TPSA) is 142 Å². The van der Waals surface area contributed by atoms with Gasteiger partial charge < -0.3 is 16.8 Å². The van der Waals surface area contributed by atoms with Gasteiger partial charge in [-0.15, -0.1) is 0 Å². The Hall–Kier alpha value is -2.12. The Morgan fingerprint density at radius 3 is 2.76 bits per heavy atom. The number of anilines is 2. The lowest BCUT2D eigenvalue weighted by atomic mass is 10.2. The van der Waals surface area contributed by atoms with Gasteiger partial charge in [-0.05, 0) is 26.2 Å². The lowest BCUT2D eigenvalue weighted by Crippen LogP contribution is -2.53. The Kier molecular flexibility index (Phi) is 4.71. The van der Waals surface area contributed by atoms with Gasteiger partial charge in [0.2, 0.25) is 0 Å². The van der Waals surface area contributed by atoms with E-state index in [2.05, 4.69) is 32.3 Å². The monoisotopic (exact) mass is 363 g/mol. The maximum absolute atomic E-state index is 9.49. The second-order valence-corrected chi connectivity index (χ2v) is 6.70. The summed E-state index contributed by atoms with van der Waals surface area (Å²) in [5, 5.41) is 17.3. The van der Waals surface area contributed by atoms with E-state index in [9.17, 15) is 5.26 Å². The molecule has 0 radical (unpaired) electrons. The van der Waals surface area contributed by atoms with E-state index in [1.165, 1.54) is 4.52 Å². The molecular weight excluding hydrogens is 342 g/mol. The van der Waals surface area contributed by atoms with Crippen molar-refractivity contribution in [1.29, 1.82) is 5.26 Å². The van der Waals surface area contributed by atoms with Crippen LogP contribution in [-0.2, 0) is 0 Å². The molecule has 10 heteroatoms. The molecule has 1 fully saturated rings. The van der Waals surface area contributed by atoms with Gasteiger partial charge in [-0.3, -0.25) is 0 Å². The maximum Gasteiger partial charge on any atom is 0.178 e. The highest BCUT2D eigenvalue weighted by Crippen LogP contribution is 2.33. The van der Waals surface area contributed by atoms with Crippen molar-refractivity contribution in [3.05, 3.63) is 16.3 Å². The van der Waals surface area contributed by atoms with Crippen molar-refractivity contribution in [2.75, 3.05) is 17.6 Å². The van der Waals surface area contributed by atoms with Crippen LogP contribution in [-0.4, -0.2) is 32.8 Å². The fourth-order valence-electron chi connectivity index (χ4n) is 2.54. The molecule has 0 aromatic carbocycles. The van der Waals surface area contributed by atoms with Crippen LogP contribution in [0.5, 0.6) is 0 Å². The van der Waals surface area contributed by atoms with Gasteiger partial charge in [-0.25, -0.2) is 15.8 Å². The van der Waals surface area contributed by atoms with Crippen LogP contribution in [0.15, 0.2) is 0 Å². The van der Waals surface area contributed by atoms with Gasteiger partial charge in [0.15, 0.2) is 11.5 Å². The summed E-state index contributed by atoms with van der Waals surface area (Å²) in [7, 11) is 0. The third-order valence-electron chi connectivity index (χ3n) is 4.49. The maximum atomic E-state index is 9.49. The zero-order valence-corrected chi connectivity index (χ0v) is 15.0. The molecule has 1 aliphatic carbocycles. The predicted molar refractivity (Wildman–Crippen MR) is 96.9 cm³/mol. The predicted octanol–water partition coefficient (Wildman–Crippen LogP) is 0.879. The van der Waals surface area contributed by atoms with Crippen LogP contribution in [0.1, 0.15) is 37.4 Å². The molecule has 2 heterocycles. The number of aryl methyl sites for hydroxylation is 1. The number of rotatable bonds is 7. The molecular formula is C15H22ClN9. The first-order valence-electron chi connectivity index (χ1n) is 8.18. The first-order valence-corrected chi connectivity index (χ1v) is 8.56. The lowest BCUT2D eigenvalue weighted by Gasteiger charge is -2.24. The van der Waals surface area contributed by atoms with Gasteiger partial charge in [0.05, 0.1) is 11.9 Å². The summed E-state index contributed by atoms with van der Waals surface area (Å²) in [6, 6.07) is 2.09. The van der Waals surface area contributed by atoms with Crippen LogP contribution < -0.4 is 27.6 Å². The fraction of sp³-hybridized carbons (Fsp3) is 0.533. The molecule has 9 nitrogen and oxygen atoms in total. The lowest BCUT2D eigenvalue weighted by molar-refractivity contribution is 0.372. The molecule has 0 unspecified atom stereocenters. The van der Waals surface area contributed by atoms with E-state index in [0.29, 0.717) is 28.7 Å². The summed E-state index contributed by atoms with van der Waals surface area (Å²) < 4.78 is 1.39. The molecule has 0 saturated heterocycles. The molecule has 1 atom stereocenters. The van der Waals surface area contributed by atoms with E-state index in [1.54, 1.807) is 6.92 Å². The third-order valence-corrected chi connectivity index (χ3v) is 4.93. The van der Waals surface area contributed by atoms with Crippen LogP contribution >= 0.6 is 11.6 Å². The SMILES string of the molecule is CC[C@H](NNC1(CN)CC1)Nc1nc2c(Cl)c(C)nn2c(N)c1C#N. The van der Waals surface area contributed by atoms with Crippen molar-refractivity contribution in [3.8, 4) is 6.07 Å². The standard InChI is InChI=1S/C15H22ClN9/c1-3-10(22-24-15(7-18)4-5-15)20-13-9(6-17)12(19)25-14(21-13)11(16)8(2)23-25/h10,22,24H,3-5,7,18-19H2,1-2H3,(H,20,21)/t10-/m0/s1. The Labute approximate surface area is 150 Å². The van der Waals surface area contributed by atoms with Crippen LogP contribution in [0.2, 0.25) is 5.02 Å². The van der Waals surface area contributed by atoms with E-state index >= 15 is 0 Å². The zero-order chi connectivity index (χ0) is 18.2. The minimum absolute atomic E-state index is 0.0323. The third kappa shape index (κ3) is 3.21. The molecule has 3 rings (SSSR count). The van der Waals surface area contributed by atoms with Crippen LogP contribution in [0.25, 0.3) is 5.65 Å². The van der Waals surface area contributed by atoms with Crippen molar-refractivity contribution in [3.63, 3.8) is 0 Å². The van der Waals surface area contributed by atoms with E-state index < -0.39 is 0 Å². The summed E-state index contributed by atoms with van der Waals surface area (Å²) in [4.78, 5) is 4.46. The number of nitriles is 1. The molecule has 0 amide bonds. The van der Waals surface area contributed by atoms with Crippen molar-refractivity contribution in [1.82, 2.24) is 25.4 Å². The molecule has 1 saturated carbocycles. The Bertz CT molecular complexity index is 834. The van der Waals surface area contributed by atoms with Crippen LogP contribution in [0.4, 0.5) is 11.6 Å². The van der Waals surface area contributed by atoms with E-state index in [1.807, 2.05) is 6.92 Å². The number of halogens is 1. The second kappa shape index (κ2) is 6.65. The highest BCUT2D eigenvalue weighted by Gasteiger charge is 2.41. The number of fused-ring (bicyclic) bond motifs is 1. The van der Waals surface area contributed by atoms with E-state index in [4.69, 9.17) is 23.1 Å². The molecule has 7 N–H and O–H groups in total. The smallest absolute Gasteiger partial charge is 0.178 e. The average molecular weight is 364 g/mol. The van der Waals surface area contributed by atoms with Gasteiger partial charge in [0, 0.05) is 12.1 Å². The Morgan fingerprint density at radius 2 is 2.20 bits per heavy atom. The van der Waals surface area contributed by atoms with Crippen LogP contribution in [0, 0.1) is 18.3 Å². The molecule has 0 bridgehead atoms. The van der Waals surface area contributed by atoms with Gasteiger partial charge in [0.1, 0.15) is 22.5 Å². The van der Waals surface area contributed by atoms with Crippen molar-refractivity contribution >= 4 is 28.9 Å². The summed E-state index contributed by atoms with van der Waals surface area (Å²) in [6.07, 6.45) is 2.67. The molecule has 2 aromatic heterocycles. The number of hydrazine groups is 1. The van der Waals surface area contributed by atoms with Gasteiger partial charge >= 0.3 is 0 Å². The number of nitrogens with two attached hydrogens (primary N) is 2. The second-order valence-electron chi connectivity index (χ2n) is 6.33. The van der Waals surface area contributed by atoms with Gasteiger partial charge in [-0.1, -0.05) is 18.5 Å². The molecule has 0 spiro atoms. The zero-order valence-electron chi connectivity index (χ0n) is 14.2. The van der Waals surface area contributed by atoms with Crippen molar-refractivity contribution < 1.29 is 0 Å². The number of nitrogen functional groups attached to an aromatic ring is 1. The quantitative estimate of drug-likeness (QED) is 0.360. The summed E-state index contributed by atoms with van der Waals surface area (Å²) >= 11 is 6.25. The van der Waals surface area contributed by atoms with Crippen LogP contribution in [0.3, 0.4) is 0 Å². The minimum Gasteiger partial charge on any atom is -0.382 e. The van der Waals surface area contributed by atoms with Gasteiger partial charge in [0.25, 0.3) is 0 Å². The average Bonchev–Trinajstić information content (AvgIpc) is 3.34. The normalized spacial score (nSPS) is 16.6. The molecule has 134 valence electrons. The summed E-state index contributed by atoms with van der Waals surface area (Å²) in [5.74, 6) is 0.571. The number of nitrogens with zero attached hydrogens (tertiary/aromatic N) is 4. The number of hydrogen-bond donors (Lipinski definition) is 5. The Balaban J connectivity index is 1.88. The number of hydrogen-bond acceptors (Lipinski definition) is 8. The van der Waals surface area contributed by atoms with E-state index in [0.717, 1.165) is 19.3 Å². The van der Waals surface area contributed by atoms with Gasteiger partial charge in [-0.2, -0.15) is 14.9 Å². The highest BCUT2D eigenvalue weighted by molar-refractivity contribution is 6.34. The molecule has 25 heavy (non-hydrogen) atoms. The minimum atomic E-state index is -0.159. The summed E-state index contributed by atoms with van der Waals surface area (Å²) in [5.41, 5.74) is 19.6. The van der Waals surface area contributed by atoms with E-state index in [-0.39, 0.29) is 23.1 Å². The number of nitrogens with one attached hydrogen (secondary N) is 3. The molecule has 2 aromatic rings. The van der Waals surface area contributed by atoms with Crippen molar-refractivity contribution in [2.24, 2.45) is 5.73 Å². The largest absolute Gasteiger partial charge is 0.382 e. The highest BCUT2D eigenvalue weighted by atomic mass is 35.5. The number of aromatic nitrogens is 3. The first-order chi connectivity index (χ1) is 11.9. The fourth-order valence-corrected chi connectivity index (χ4v) is 2.70. The summed E-state index contributed by atoms with van der Waals surface area (Å²) in [6.45, 7) is 4.35. The van der Waals surface area contributed by atoms with Crippen molar-refractivity contribution in [2.45, 2.75) is 44.8 Å². The molecule has 0 aliphatic heterocycles. The first kappa shape index (κ1) is 17.7. The Morgan fingerprint density at radius 1 is 1.48 bits per heavy atom. The molecule has 1 aliphatic rings.